The molecule has 136 valence electrons. The molecule has 2 aliphatic rings. The summed E-state index contributed by atoms with van der Waals surface area (Å²) in [7, 11) is 0. The molecule has 0 unspecified atom stereocenters. The number of benzene rings is 1. The molecule has 4 atom stereocenters. The molecule has 0 heterocycles. The SMILES string of the molecule is CC(=O)OC[C@H]1c2ccccc2[C@]2(C)CCC[C@@](C)(COC(C)=O)[C@@H]12. The third kappa shape index (κ3) is 3.07. The first-order valence-corrected chi connectivity index (χ1v) is 9.14. The minimum absolute atomic E-state index is 0.0224. The third-order valence-corrected chi connectivity index (χ3v) is 6.33. The first kappa shape index (κ1) is 18.0. The highest BCUT2D eigenvalue weighted by atomic mass is 16.5. The normalized spacial score (nSPS) is 33.3. The van der Waals surface area contributed by atoms with E-state index in [1.54, 1.807) is 0 Å². The number of esters is 2. The average Bonchev–Trinajstić information content (AvgIpc) is 2.82. The molecule has 0 aromatic heterocycles. The van der Waals surface area contributed by atoms with Crippen LogP contribution >= 0.6 is 0 Å². The number of rotatable bonds is 4. The van der Waals surface area contributed by atoms with Crippen molar-refractivity contribution in [3.8, 4) is 0 Å². The average molecular weight is 344 g/mol. The molecule has 25 heavy (non-hydrogen) atoms. The van der Waals surface area contributed by atoms with Crippen molar-refractivity contribution >= 4 is 11.9 Å². The van der Waals surface area contributed by atoms with Gasteiger partial charge in [0.15, 0.2) is 0 Å². The van der Waals surface area contributed by atoms with Crippen LogP contribution in [-0.4, -0.2) is 25.2 Å². The van der Waals surface area contributed by atoms with Gasteiger partial charge in [0.05, 0.1) is 13.2 Å². The lowest BCUT2D eigenvalue weighted by atomic mass is 9.54. The monoisotopic (exact) mass is 344 g/mol. The van der Waals surface area contributed by atoms with Crippen molar-refractivity contribution in [2.24, 2.45) is 11.3 Å². The summed E-state index contributed by atoms with van der Waals surface area (Å²) in [4.78, 5) is 22.9. The molecule has 4 heteroatoms. The summed E-state index contributed by atoms with van der Waals surface area (Å²) in [5.41, 5.74) is 2.55. The Labute approximate surface area is 149 Å². The van der Waals surface area contributed by atoms with Gasteiger partial charge in [-0.1, -0.05) is 44.5 Å². The molecule has 1 aromatic rings. The third-order valence-electron chi connectivity index (χ3n) is 6.33. The number of ether oxygens (including phenoxy) is 2. The van der Waals surface area contributed by atoms with Crippen molar-refractivity contribution in [3.63, 3.8) is 0 Å². The highest BCUT2D eigenvalue weighted by Crippen LogP contribution is 2.63. The molecule has 0 aliphatic heterocycles. The van der Waals surface area contributed by atoms with E-state index in [1.165, 1.54) is 25.0 Å². The maximum Gasteiger partial charge on any atom is 0.302 e. The van der Waals surface area contributed by atoms with Crippen LogP contribution in [0, 0.1) is 11.3 Å². The van der Waals surface area contributed by atoms with Gasteiger partial charge in [0.2, 0.25) is 0 Å². The Hall–Kier alpha value is -1.84. The number of hydrogen-bond donors (Lipinski definition) is 0. The predicted molar refractivity (Wildman–Crippen MR) is 95.2 cm³/mol. The molecule has 0 spiro atoms. The Balaban J connectivity index is 2.02. The van der Waals surface area contributed by atoms with Crippen LogP contribution in [0.3, 0.4) is 0 Å². The van der Waals surface area contributed by atoms with Crippen LogP contribution in [-0.2, 0) is 24.5 Å². The number of carbonyl (C=O) groups excluding carboxylic acids is 2. The van der Waals surface area contributed by atoms with E-state index in [2.05, 4.69) is 38.1 Å². The summed E-state index contributed by atoms with van der Waals surface area (Å²) < 4.78 is 10.9. The Kier molecular flexibility index (Phi) is 4.65. The molecule has 0 amide bonds. The largest absolute Gasteiger partial charge is 0.465 e. The number of carbonyl (C=O) groups is 2. The maximum absolute atomic E-state index is 11.4. The molecule has 3 rings (SSSR count). The van der Waals surface area contributed by atoms with Gasteiger partial charge in [-0.15, -0.1) is 0 Å². The quantitative estimate of drug-likeness (QED) is 0.776. The van der Waals surface area contributed by atoms with Crippen molar-refractivity contribution < 1.29 is 19.1 Å². The second kappa shape index (κ2) is 6.47. The van der Waals surface area contributed by atoms with Crippen LogP contribution in [0.15, 0.2) is 24.3 Å². The zero-order chi connectivity index (χ0) is 18.2. The summed E-state index contributed by atoms with van der Waals surface area (Å²) in [5, 5.41) is 0. The molecule has 0 N–H and O–H groups in total. The van der Waals surface area contributed by atoms with E-state index in [9.17, 15) is 9.59 Å². The Bertz CT molecular complexity index is 682. The van der Waals surface area contributed by atoms with E-state index in [1.807, 2.05) is 0 Å². The smallest absolute Gasteiger partial charge is 0.302 e. The van der Waals surface area contributed by atoms with Crippen LogP contribution < -0.4 is 0 Å². The van der Waals surface area contributed by atoms with Gasteiger partial charge in [0.25, 0.3) is 0 Å². The van der Waals surface area contributed by atoms with Gasteiger partial charge in [0.1, 0.15) is 0 Å². The first-order chi connectivity index (χ1) is 11.8. The van der Waals surface area contributed by atoms with Crippen molar-refractivity contribution in [2.45, 2.75) is 58.3 Å². The van der Waals surface area contributed by atoms with Gasteiger partial charge in [-0.05, 0) is 35.3 Å². The molecule has 1 fully saturated rings. The summed E-state index contributed by atoms with van der Waals surface area (Å²) in [5.74, 6) is -0.0556. The zero-order valence-corrected chi connectivity index (χ0v) is 15.6. The van der Waals surface area contributed by atoms with E-state index in [4.69, 9.17) is 9.47 Å². The highest BCUT2D eigenvalue weighted by Gasteiger charge is 2.58. The fourth-order valence-corrected chi connectivity index (χ4v) is 5.51. The predicted octanol–water partition coefficient (Wildman–Crippen LogP) is 3.97. The molecule has 4 nitrogen and oxygen atoms in total. The number of hydrogen-bond acceptors (Lipinski definition) is 4. The molecule has 2 aliphatic carbocycles. The summed E-state index contributed by atoms with van der Waals surface area (Å²) in [6.07, 6.45) is 3.24. The fourth-order valence-electron chi connectivity index (χ4n) is 5.51. The van der Waals surface area contributed by atoms with Gasteiger partial charge >= 0.3 is 11.9 Å². The van der Waals surface area contributed by atoms with Crippen LogP contribution in [0.5, 0.6) is 0 Å². The lowest BCUT2D eigenvalue weighted by molar-refractivity contribution is -0.149. The van der Waals surface area contributed by atoms with E-state index in [0.717, 1.165) is 19.3 Å². The van der Waals surface area contributed by atoms with Gasteiger partial charge in [-0.2, -0.15) is 0 Å². The molecule has 1 aromatic carbocycles. The van der Waals surface area contributed by atoms with Crippen molar-refractivity contribution in [1.29, 1.82) is 0 Å². The number of fused-ring (bicyclic) bond motifs is 3. The van der Waals surface area contributed by atoms with E-state index < -0.39 is 0 Å². The molecular weight excluding hydrogens is 316 g/mol. The minimum atomic E-state index is -0.247. The van der Waals surface area contributed by atoms with E-state index >= 15 is 0 Å². The molecule has 0 saturated heterocycles. The van der Waals surface area contributed by atoms with E-state index in [0.29, 0.717) is 13.2 Å². The van der Waals surface area contributed by atoms with Gasteiger partial charge < -0.3 is 9.47 Å². The van der Waals surface area contributed by atoms with Gasteiger partial charge in [0, 0.05) is 25.2 Å². The lowest BCUT2D eigenvalue weighted by Crippen LogP contribution is -2.48. The molecule has 0 bridgehead atoms. The van der Waals surface area contributed by atoms with Crippen LogP contribution in [0.1, 0.15) is 64.0 Å². The molecule has 1 saturated carbocycles. The standard InChI is InChI=1S/C21H28O4/c1-14(22)24-12-17-16-8-5-6-9-18(16)21(4)11-7-10-20(3,19(17)21)13-25-15(2)23/h5-6,8-9,17,19H,7,10-13H2,1-4H3/t17-,19+,20-,21-/m0/s1. The van der Waals surface area contributed by atoms with Gasteiger partial charge in [-0.25, -0.2) is 0 Å². The van der Waals surface area contributed by atoms with Crippen LogP contribution in [0.25, 0.3) is 0 Å². The van der Waals surface area contributed by atoms with Crippen molar-refractivity contribution in [3.05, 3.63) is 35.4 Å². The van der Waals surface area contributed by atoms with E-state index in [-0.39, 0.29) is 34.6 Å². The zero-order valence-electron chi connectivity index (χ0n) is 15.6. The topological polar surface area (TPSA) is 52.6 Å². The van der Waals surface area contributed by atoms with Crippen LogP contribution in [0.2, 0.25) is 0 Å². The highest BCUT2D eigenvalue weighted by molar-refractivity contribution is 5.66. The lowest BCUT2D eigenvalue weighted by Gasteiger charge is -2.50. The Morgan fingerprint density at radius 3 is 2.44 bits per heavy atom. The second-order valence-corrected chi connectivity index (χ2v) is 8.18. The summed E-state index contributed by atoms with van der Waals surface area (Å²) in [6, 6.07) is 8.53. The molecular formula is C21H28O4. The van der Waals surface area contributed by atoms with Crippen LogP contribution in [0.4, 0.5) is 0 Å². The van der Waals surface area contributed by atoms with Gasteiger partial charge in [-0.3, -0.25) is 9.59 Å². The Morgan fingerprint density at radius 2 is 1.76 bits per heavy atom. The summed E-state index contributed by atoms with van der Waals surface area (Å²) in [6.45, 7) is 8.29. The summed E-state index contributed by atoms with van der Waals surface area (Å²) >= 11 is 0. The van der Waals surface area contributed by atoms with Crippen molar-refractivity contribution in [2.75, 3.05) is 13.2 Å². The first-order valence-electron chi connectivity index (χ1n) is 9.14. The fraction of sp³-hybridized carbons (Fsp3) is 0.619. The Morgan fingerprint density at radius 1 is 1.08 bits per heavy atom. The maximum atomic E-state index is 11.4. The molecule has 0 radical (unpaired) electrons. The van der Waals surface area contributed by atoms with Crippen molar-refractivity contribution in [1.82, 2.24) is 0 Å². The second-order valence-electron chi connectivity index (χ2n) is 8.18. The minimum Gasteiger partial charge on any atom is -0.465 e.